The summed E-state index contributed by atoms with van der Waals surface area (Å²) in [6.45, 7) is 4.44. The van der Waals surface area contributed by atoms with Gasteiger partial charge in [-0.1, -0.05) is 28.9 Å². The first-order valence-corrected chi connectivity index (χ1v) is 6.17. The highest BCUT2D eigenvalue weighted by Gasteiger charge is 2.04. The molecule has 1 aromatic carbocycles. The Morgan fingerprint density at radius 1 is 1.44 bits per heavy atom. The van der Waals surface area contributed by atoms with Gasteiger partial charge in [0.2, 0.25) is 0 Å². The first-order valence-electron chi connectivity index (χ1n) is 5.38. The Morgan fingerprint density at radius 2 is 2.19 bits per heavy atom. The number of hydrogen-bond acceptors (Lipinski definition) is 3. The maximum absolute atomic E-state index is 8.66. The molecule has 16 heavy (non-hydrogen) atoms. The molecule has 1 N–H and O–H groups in total. The van der Waals surface area contributed by atoms with Gasteiger partial charge in [0.25, 0.3) is 0 Å². The highest BCUT2D eigenvalue weighted by molar-refractivity contribution is 9.10. The van der Waals surface area contributed by atoms with Crippen LogP contribution in [0.25, 0.3) is 0 Å². The van der Waals surface area contributed by atoms with Crippen LogP contribution >= 0.6 is 15.9 Å². The fraction of sp³-hybridized carbons (Fsp3) is 0.500. The average Bonchev–Trinajstić information content (AvgIpc) is 2.29. The summed E-state index contributed by atoms with van der Waals surface area (Å²) >= 11 is 3.53. The van der Waals surface area contributed by atoms with Gasteiger partial charge in [-0.15, -0.1) is 0 Å². The summed E-state index contributed by atoms with van der Waals surface area (Å²) in [5, 5.41) is 8.66. The average molecular weight is 288 g/mol. The van der Waals surface area contributed by atoms with Crippen molar-refractivity contribution in [2.75, 3.05) is 26.8 Å². The predicted octanol–water partition coefficient (Wildman–Crippen LogP) is 2.27. The van der Waals surface area contributed by atoms with E-state index in [0.29, 0.717) is 6.61 Å². The molecule has 0 aliphatic rings. The molecule has 0 fully saturated rings. The van der Waals surface area contributed by atoms with E-state index in [1.165, 1.54) is 5.56 Å². The Labute approximate surface area is 105 Å². The third kappa shape index (κ3) is 4.12. The quantitative estimate of drug-likeness (QED) is 0.871. The minimum atomic E-state index is 0.0396. The van der Waals surface area contributed by atoms with Gasteiger partial charge in [-0.2, -0.15) is 0 Å². The van der Waals surface area contributed by atoms with Crippen LogP contribution < -0.4 is 4.74 Å². The van der Waals surface area contributed by atoms with E-state index in [0.717, 1.165) is 23.3 Å². The van der Waals surface area contributed by atoms with Crippen molar-refractivity contribution in [2.24, 2.45) is 0 Å². The topological polar surface area (TPSA) is 32.7 Å². The highest BCUT2D eigenvalue weighted by Crippen LogP contribution is 2.24. The van der Waals surface area contributed by atoms with E-state index >= 15 is 0 Å². The van der Waals surface area contributed by atoms with Crippen molar-refractivity contribution in [1.29, 1.82) is 0 Å². The van der Waals surface area contributed by atoms with Crippen LogP contribution in [0.5, 0.6) is 5.75 Å². The minimum Gasteiger partial charge on any atom is -0.491 e. The second kappa shape index (κ2) is 6.89. The summed E-state index contributed by atoms with van der Waals surface area (Å²) in [6.07, 6.45) is 0. The number of halogens is 1. The molecular formula is C12H18BrNO2. The molecule has 1 aromatic rings. The lowest BCUT2D eigenvalue weighted by atomic mass is 10.2. The summed E-state index contributed by atoms with van der Waals surface area (Å²) in [7, 11) is 2.09. The monoisotopic (exact) mass is 287 g/mol. The zero-order valence-corrected chi connectivity index (χ0v) is 11.3. The molecular weight excluding hydrogens is 270 g/mol. The van der Waals surface area contributed by atoms with Gasteiger partial charge in [0.15, 0.2) is 0 Å². The molecule has 4 heteroatoms. The fourth-order valence-electron chi connectivity index (χ4n) is 1.31. The standard InChI is InChI=1S/C12H18BrNO2/c1-3-14(2)9-10-4-5-11(8-12(10)13)16-7-6-15/h4-5,8,15H,3,6-7,9H2,1-2H3. The summed E-state index contributed by atoms with van der Waals surface area (Å²) in [4.78, 5) is 2.23. The van der Waals surface area contributed by atoms with Crippen LogP contribution in [-0.4, -0.2) is 36.8 Å². The molecule has 0 unspecified atom stereocenters. The zero-order chi connectivity index (χ0) is 12.0. The zero-order valence-electron chi connectivity index (χ0n) is 9.74. The van der Waals surface area contributed by atoms with E-state index in [4.69, 9.17) is 9.84 Å². The number of rotatable bonds is 6. The molecule has 0 heterocycles. The van der Waals surface area contributed by atoms with Gasteiger partial charge in [0, 0.05) is 11.0 Å². The van der Waals surface area contributed by atoms with E-state index < -0.39 is 0 Å². The normalized spacial score (nSPS) is 10.8. The number of benzene rings is 1. The van der Waals surface area contributed by atoms with Gasteiger partial charge in [-0.25, -0.2) is 0 Å². The molecule has 0 radical (unpaired) electrons. The second-order valence-electron chi connectivity index (χ2n) is 3.66. The van der Waals surface area contributed by atoms with Crippen molar-refractivity contribution < 1.29 is 9.84 Å². The Kier molecular flexibility index (Phi) is 5.80. The Hall–Kier alpha value is -0.580. The number of hydrogen-bond donors (Lipinski definition) is 1. The molecule has 0 spiro atoms. The Balaban J connectivity index is 2.67. The van der Waals surface area contributed by atoms with E-state index in [9.17, 15) is 0 Å². The number of aliphatic hydroxyl groups is 1. The predicted molar refractivity (Wildman–Crippen MR) is 68.7 cm³/mol. The largest absolute Gasteiger partial charge is 0.491 e. The third-order valence-corrected chi connectivity index (χ3v) is 3.10. The maximum atomic E-state index is 8.66. The summed E-state index contributed by atoms with van der Waals surface area (Å²) in [5.74, 6) is 0.781. The number of nitrogens with zero attached hydrogens (tertiary/aromatic N) is 1. The third-order valence-electron chi connectivity index (χ3n) is 2.36. The summed E-state index contributed by atoms with van der Waals surface area (Å²) in [5.41, 5.74) is 1.24. The van der Waals surface area contributed by atoms with Crippen LogP contribution in [0.1, 0.15) is 12.5 Å². The van der Waals surface area contributed by atoms with Gasteiger partial charge in [-0.05, 0) is 31.3 Å². The lowest BCUT2D eigenvalue weighted by Gasteiger charge is -2.15. The minimum absolute atomic E-state index is 0.0396. The first-order chi connectivity index (χ1) is 7.67. The number of ether oxygens (including phenoxy) is 1. The van der Waals surface area contributed by atoms with E-state index in [1.54, 1.807) is 0 Å². The van der Waals surface area contributed by atoms with Crippen LogP contribution in [-0.2, 0) is 6.54 Å². The maximum Gasteiger partial charge on any atom is 0.120 e. The number of aliphatic hydroxyl groups excluding tert-OH is 1. The highest BCUT2D eigenvalue weighted by atomic mass is 79.9. The van der Waals surface area contributed by atoms with E-state index in [2.05, 4.69) is 34.8 Å². The SMILES string of the molecule is CCN(C)Cc1ccc(OCCO)cc1Br. The molecule has 0 aliphatic carbocycles. The van der Waals surface area contributed by atoms with Gasteiger partial charge in [0.1, 0.15) is 12.4 Å². The van der Waals surface area contributed by atoms with Crippen molar-refractivity contribution in [3.63, 3.8) is 0 Å². The smallest absolute Gasteiger partial charge is 0.120 e. The molecule has 0 saturated heterocycles. The summed E-state index contributed by atoms with van der Waals surface area (Å²) < 4.78 is 6.37. The van der Waals surface area contributed by atoms with Crippen LogP contribution in [0.15, 0.2) is 22.7 Å². The van der Waals surface area contributed by atoms with Crippen molar-refractivity contribution in [3.8, 4) is 5.75 Å². The molecule has 1 rings (SSSR count). The summed E-state index contributed by atoms with van der Waals surface area (Å²) in [6, 6.07) is 5.91. The fourth-order valence-corrected chi connectivity index (χ4v) is 1.80. The lowest BCUT2D eigenvalue weighted by Crippen LogP contribution is -2.17. The first kappa shape index (κ1) is 13.5. The van der Waals surface area contributed by atoms with Crippen molar-refractivity contribution >= 4 is 15.9 Å². The molecule has 90 valence electrons. The van der Waals surface area contributed by atoms with Crippen LogP contribution in [0.4, 0.5) is 0 Å². The second-order valence-corrected chi connectivity index (χ2v) is 4.51. The van der Waals surface area contributed by atoms with Gasteiger partial charge >= 0.3 is 0 Å². The lowest BCUT2D eigenvalue weighted by molar-refractivity contribution is 0.201. The van der Waals surface area contributed by atoms with Crippen molar-refractivity contribution in [1.82, 2.24) is 4.90 Å². The molecule has 3 nitrogen and oxygen atoms in total. The van der Waals surface area contributed by atoms with E-state index in [-0.39, 0.29) is 6.61 Å². The Morgan fingerprint density at radius 3 is 2.75 bits per heavy atom. The molecule has 0 aromatic heterocycles. The molecule has 0 amide bonds. The van der Waals surface area contributed by atoms with Gasteiger partial charge in [0.05, 0.1) is 6.61 Å². The molecule has 0 atom stereocenters. The van der Waals surface area contributed by atoms with Crippen LogP contribution in [0.3, 0.4) is 0 Å². The van der Waals surface area contributed by atoms with Crippen LogP contribution in [0.2, 0.25) is 0 Å². The van der Waals surface area contributed by atoms with Crippen molar-refractivity contribution in [3.05, 3.63) is 28.2 Å². The Bertz CT molecular complexity index is 331. The van der Waals surface area contributed by atoms with Gasteiger partial charge in [-0.3, -0.25) is 0 Å². The molecule has 0 saturated carbocycles. The molecule has 0 bridgehead atoms. The van der Waals surface area contributed by atoms with Crippen molar-refractivity contribution in [2.45, 2.75) is 13.5 Å². The molecule has 0 aliphatic heterocycles. The van der Waals surface area contributed by atoms with E-state index in [1.807, 2.05) is 18.2 Å². The van der Waals surface area contributed by atoms with Gasteiger partial charge < -0.3 is 14.7 Å². The van der Waals surface area contributed by atoms with Crippen LogP contribution in [0, 0.1) is 0 Å².